The minimum Gasteiger partial charge on any atom is -0.317 e. The molecule has 4 nitrogen and oxygen atoms in total. The van der Waals surface area contributed by atoms with Crippen molar-refractivity contribution in [2.75, 3.05) is 32.4 Å². The second kappa shape index (κ2) is 9.62. The number of nitrogens with zero attached hydrogens (tertiary/aromatic N) is 1. The molecule has 17 heavy (non-hydrogen) atoms. The fraction of sp³-hybridized carbons (Fsp3) is 0.833. The Labute approximate surface area is 106 Å². The minimum atomic E-state index is -3.06. The fourth-order valence-corrected chi connectivity index (χ4v) is 2.75. The maximum Gasteiger partial charge on any atom is 0.213 e. The van der Waals surface area contributed by atoms with E-state index in [9.17, 15) is 8.42 Å². The zero-order valence-electron chi connectivity index (χ0n) is 11.1. The van der Waals surface area contributed by atoms with E-state index in [0.717, 1.165) is 38.8 Å². The topological polar surface area (TPSA) is 49.4 Å². The van der Waals surface area contributed by atoms with Gasteiger partial charge in [-0.1, -0.05) is 13.0 Å². The lowest BCUT2D eigenvalue weighted by atomic mass is 10.3. The summed E-state index contributed by atoms with van der Waals surface area (Å²) in [4.78, 5) is 0. The molecule has 0 aromatic heterocycles. The van der Waals surface area contributed by atoms with E-state index in [-0.39, 0.29) is 5.75 Å². The molecule has 0 unspecified atom stereocenters. The van der Waals surface area contributed by atoms with Crippen molar-refractivity contribution in [3.05, 3.63) is 12.7 Å². The van der Waals surface area contributed by atoms with Crippen molar-refractivity contribution in [2.24, 2.45) is 0 Å². The monoisotopic (exact) mass is 262 g/mol. The molecule has 0 amide bonds. The van der Waals surface area contributed by atoms with E-state index >= 15 is 0 Å². The molecular formula is C12H26N2O2S. The first-order valence-corrected chi connectivity index (χ1v) is 7.91. The van der Waals surface area contributed by atoms with E-state index in [1.807, 2.05) is 13.0 Å². The first kappa shape index (κ1) is 16.6. The van der Waals surface area contributed by atoms with Gasteiger partial charge in [-0.05, 0) is 38.8 Å². The smallest absolute Gasteiger partial charge is 0.213 e. The summed E-state index contributed by atoms with van der Waals surface area (Å²) >= 11 is 0. The third kappa shape index (κ3) is 8.35. The molecular weight excluding hydrogens is 236 g/mol. The Kier molecular flexibility index (Phi) is 9.40. The van der Waals surface area contributed by atoms with Crippen LogP contribution in [0.3, 0.4) is 0 Å². The van der Waals surface area contributed by atoms with Crippen LogP contribution in [0.4, 0.5) is 0 Å². The van der Waals surface area contributed by atoms with Crippen LogP contribution in [0.1, 0.15) is 32.6 Å². The van der Waals surface area contributed by atoms with Crippen molar-refractivity contribution in [2.45, 2.75) is 32.6 Å². The van der Waals surface area contributed by atoms with Gasteiger partial charge in [0.05, 0.1) is 5.75 Å². The Hall–Kier alpha value is -0.390. The van der Waals surface area contributed by atoms with Gasteiger partial charge in [-0.3, -0.25) is 0 Å². The molecule has 1 N–H and O–H groups in total. The first-order chi connectivity index (χ1) is 8.04. The third-order valence-electron chi connectivity index (χ3n) is 2.61. The van der Waals surface area contributed by atoms with Crippen LogP contribution in [-0.4, -0.2) is 45.2 Å². The molecule has 0 saturated heterocycles. The predicted molar refractivity (Wildman–Crippen MR) is 73.6 cm³/mol. The highest BCUT2D eigenvalue weighted by Gasteiger charge is 2.16. The van der Waals surface area contributed by atoms with Crippen LogP contribution in [0.25, 0.3) is 0 Å². The van der Waals surface area contributed by atoms with Crippen molar-refractivity contribution in [3.63, 3.8) is 0 Å². The summed E-state index contributed by atoms with van der Waals surface area (Å²) in [5.41, 5.74) is 0. The van der Waals surface area contributed by atoms with Gasteiger partial charge in [0, 0.05) is 13.6 Å². The Balaban J connectivity index is 3.80. The van der Waals surface area contributed by atoms with Crippen LogP contribution in [0, 0.1) is 0 Å². The molecule has 102 valence electrons. The highest BCUT2D eigenvalue weighted by atomic mass is 32.2. The van der Waals surface area contributed by atoms with Crippen molar-refractivity contribution in [3.8, 4) is 0 Å². The molecule has 0 atom stereocenters. The fourth-order valence-electron chi connectivity index (χ4n) is 1.46. The predicted octanol–water partition coefficient (Wildman–Crippen LogP) is 1.60. The van der Waals surface area contributed by atoms with Gasteiger partial charge in [0.15, 0.2) is 0 Å². The van der Waals surface area contributed by atoms with Crippen LogP contribution in [0.5, 0.6) is 0 Å². The number of allylic oxidation sites excluding steroid dienone is 1. The van der Waals surface area contributed by atoms with Gasteiger partial charge in [0.2, 0.25) is 10.0 Å². The molecule has 0 spiro atoms. The quantitative estimate of drug-likeness (QED) is 0.454. The molecule has 0 heterocycles. The van der Waals surface area contributed by atoms with E-state index in [0.29, 0.717) is 6.54 Å². The largest absolute Gasteiger partial charge is 0.317 e. The number of unbranched alkanes of at least 4 members (excludes halogenated alkanes) is 2. The molecule has 0 radical (unpaired) electrons. The van der Waals surface area contributed by atoms with Crippen molar-refractivity contribution in [1.29, 1.82) is 0 Å². The van der Waals surface area contributed by atoms with Gasteiger partial charge in [-0.15, -0.1) is 6.58 Å². The van der Waals surface area contributed by atoms with Gasteiger partial charge in [0.1, 0.15) is 0 Å². The van der Waals surface area contributed by atoms with E-state index in [1.165, 1.54) is 4.31 Å². The third-order valence-corrected chi connectivity index (χ3v) is 4.55. The van der Waals surface area contributed by atoms with Crippen LogP contribution in [0.15, 0.2) is 12.7 Å². The van der Waals surface area contributed by atoms with Gasteiger partial charge in [-0.25, -0.2) is 12.7 Å². The van der Waals surface area contributed by atoms with E-state index in [2.05, 4.69) is 11.9 Å². The number of hydrogen-bond acceptors (Lipinski definition) is 3. The lowest BCUT2D eigenvalue weighted by Crippen LogP contribution is -2.30. The molecule has 0 bridgehead atoms. The zero-order chi connectivity index (χ0) is 13.1. The van der Waals surface area contributed by atoms with Crippen LogP contribution < -0.4 is 5.32 Å². The second-order valence-corrected chi connectivity index (χ2v) is 6.32. The van der Waals surface area contributed by atoms with Crippen LogP contribution >= 0.6 is 0 Å². The molecule has 0 rings (SSSR count). The molecule has 0 aromatic rings. The highest BCUT2D eigenvalue weighted by Crippen LogP contribution is 2.04. The molecule has 0 fully saturated rings. The van der Waals surface area contributed by atoms with Gasteiger partial charge in [-0.2, -0.15) is 0 Å². The molecule has 0 saturated carbocycles. The summed E-state index contributed by atoms with van der Waals surface area (Å²) in [6.45, 7) is 8.09. The van der Waals surface area contributed by atoms with Crippen LogP contribution in [-0.2, 0) is 10.0 Å². The molecule has 5 heteroatoms. The highest BCUT2D eigenvalue weighted by molar-refractivity contribution is 7.89. The minimum absolute atomic E-state index is 0.253. The Morgan fingerprint density at radius 1 is 1.29 bits per heavy atom. The Morgan fingerprint density at radius 2 is 2.00 bits per heavy atom. The van der Waals surface area contributed by atoms with Crippen molar-refractivity contribution < 1.29 is 8.42 Å². The lowest BCUT2D eigenvalue weighted by molar-refractivity contribution is 0.460. The summed E-state index contributed by atoms with van der Waals surface area (Å²) in [5.74, 6) is 0.253. The number of hydrogen-bond donors (Lipinski definition) is 1. The van der Waals surface area contributed by atoms with Gasteiger partial charge < -0.3 is 5.32 Å². The number of sulfonamides is 1. The molecule has 0 aromatic carbocycles. The standard InChI is InChI=1S/C12H26N2O2S/c1-4-6-8-11-14(3)17(15,16)12-9-7-10-13-5-2/h4,13H,1,5-12H2,2-3H3. The average Bonchev–Trinajstić information content (AvgIpc) is 2.29. The van der Waals surface area contributed by atoms with E-state index < -0.39 is 10.0 Å². The SMILES string of the molecule is C=CCCCN(C)S(=O)(=O)CCCCNCC. The molecule has 0 aliphatic rings. The maximum absolute atomic E-state index is 11.8. The van der Waals surface area contributed by atoms with E-state index in [1.54, 1.807) is 7.05 Å². The first-order valence-electron chi connectivity index (χ1n) is 6.30. The summed E-state index contributed by atoms with van der Waals surface area (Å²) in [6.07, 6.45) is 5.16. The second-order valence-electron chi connectivity index (χ2n) is 4.13. The zero-order valence-corrected chi connectivity index (χ0v) is 11.9. The number of rotatable bonds is 11. The maximum atomic E-state index is 11.8. The molecule has 0 aliphatic carbocycles. The average molecular weight is 262 g/mol. The summed E-state index contributed by atoms with van der Waals surface area (Å²) < 4.78 is 25.1. The summed E-state index contributed by atoms with van der Waals surface area (Å²) in [7, 11) is -1.40. The summed E-state index contributed by atoms with van der Waals surface area (Å²) in [5, 5.41) is 3.19. The van der Waals surface area contributed by atoms with Crippen molar-refractivity contribution >= 4 is 10.0 Å². The lowest BCUT2D eigenvalue weighted by Gasteiger charge is -2.16. The normalized spacial score (nSPS) is 11.9. The Bertz CT molecular complexity index is 289. The van der Waals surface area contributed by atoms with Gasteiger partial charge in [0.25, 0.3) is 0 Å². The Morgan fingerprint density at radius 3 is 2.59 bits per heavy atom. The number of nitrogens with one attached hydrogen (secondary N) is 1. The van der Waals surface area contributed by atoms with Crippen molar-refractivity contribution in [1.82, 2.24) is 9.62 Å². The van der Waals surface area contributed by atoms with Gasteiger partial charge >= 0.3 is 0 Å². The summed E-state index contributed by atoms with van der Waals surface area (Å²) in [6, 6.07) is 0. The van der Waals surface area contributed by atoms with E-state index in [4.69, 9.17) is 0 Å². The molecule has 0 aliphatic heterocycles. The van der Waals surface area contributed by atoms with Crippen LogP contribution in [0.2, 0.25) is 0 Å².